The highest BCUT2D eigenvalue weighted by molar-refractivity contribution is 7.98. The number of hydrogen-bond donors (Lipinski definition) is 2. The molecule has 16 heavy (non-hydrogen) atoms. The van der Waals surface area contributed by atoms with E-state index in [-0.39, 0.29) is 0 Å². The Morgan fingerprint density at radius 2 is 1.94 bits per heavy atom. The Labute approximate surface area is 101 Å². The first kappa shape index (κ1) is 13.3. The van der Waals surface area contributed by atoms with Crippen LogP contribution in [0.4, 0.5) is 5.95 Å². The molecule has 90 valence electrons. The minimum absolute atomic E-state index is 0.455. The number of aliphatic hydroxyl groups is 1. The van der Waals surface area contributed by atoms with Crippen molar-refractivity contribution in [1.29, 1.82) is 0 Å². The van der Waals surface area contributed by atoms with Gasteiger partial charge in [-0.15, -0.1) is 0 Å². The van der Waals surface area contributed by atoms with Crippen molar-refractivity contribution >= 4 is 17.7 Å². The van der Waals surface area contributed by atoms with Crippen molar-refractivity contribution in [3.63, 3.8) is 0 Å². The molecule has 1 aromatic heterocycles. The van der Waals surface area contributed by atoms with Crippen LogP contribution in [0.2, 0.25) is 0 Å². The maximum atomic E-state index is 9.98. The van der Waals surface area contributed by atoms with Crippen LogP contribution in [0.15, 0.2) is 6.07 Å². The number of rotatable bonds is 5. The predicted octanol–water partition coefficient (Wildman–Crippen LogP) is 1.62. The van der Waals surface area contributed by atoms with Gasteiger partial charge in [0.2, 0.25) is 5.95 Å². The van der Waals surface area contributed by atoms with Gasteiger partial charge in [0, 0.05) is 23.7 Å². The van der Waals surface area contributed by atoms with E-state index in [1.807, 2.05) is 26.2 Å². The summed E-state index contributed by atoms with van der Waals surface area (Å²) in [6, 6.07) is 1.92. The van der Waals surface area contributed by atoms with E-state index >= 15 is 0 Å². The third-order valence-corrected chi connectivity index (χ3v) is 2.98. The van der Waals surface area contributed by atoms with Crippen LogP contribution in [0.5, 0.6) is 0 Å². The topological polar surface area (TPSA) is 58.0 Å². The molecule has 0 bridgehead atoms. The van der Waals surface area contributed by atoms with Gasteiger partial charge in [0.25, 0.3) is 0 Å². The molecule has 1 aromatic rings. The fourth-order valence-corrected chi connectivity index (χ4v) is 2.16. The molecule has 1 heterocycles. The Hall–Kier alpha value is -0.810. The van der Waals surface area contributed by atoms with Gasteiger partial charge in [0.15, 0.2) is 0 Å². The van der Waals surface area contributed by atoms with Crippen molar-refractivity contribution in [1.82, 2.24) is 9.97 Å². The van der Waals surface area contributed by atoms with Gasteiger partial charge in [-0.1, -0.05) is 0 Å². The van der Waals surface area contributed by atoms with Crippen LogP contribution in [0.3, 0.4) is 0 Å². The summed E-state index contributed by atoms with van der Waals surface area (Å²) < 4.78 is 0. The predicted molar refractivity (Wildman–Crippen MR) is 69.0 cm³/mol. The van der Waals surface area contributed by atoms with E-state index in [1.54, 1.807) is 18.7 Å². The molecule has 0 fully saturated rings. The van der Waals surface area contributed by atoms with Gasteiger partial charge in [-0.2, -0.15) is 11.8 Å². The Kier molecular flexibility index (Phi) is 4.56. The molecule has 0 aliphatic heterocycles. The molecule has 1 atom stereocenters. The average Bonchev–Trinajstić information content (AvgIpc) is 2.13. The van der Waals surface area contributed by atoms with Gasteiger partial charge in [-0.3, -0.25) is 0 Å². The van der Waals surface area contributed by atoms with Crippen LogP contribution < -0.4 is 5.32 Å². The first-order valence-electron chi connectivity index (χ1n) is 5.20. The summed E-state index contributed by atoms with van der Waals surface area (Å²) in [5.74, 6) is 1.27. The Bertz CT molecular complexity index is 335. The van der Waals surface area contributed by atoms with Crippen LogP contribution in [0.25, 0.3) is 0 Å². The highest BCUT2D eigenvalue weighted by Crippen LogP contribution is 2.11. The van der Waals surface area contributed by atoms with Gasteiger partial charge < -0.3 is 10.4 Å². The second-order valence-corrected chi connectivity index (χ2v) is 5.12. The van der Waals surface area contributed by atoms with Gasteiger partial charge in [-0.25, -0.2) is 9.97 Å². The lowest BCUT2D eigenvalue weighted by Gasteiger charge is -2.22. The van der Waals surface area contributed by atoms with E-state index in [1.165, 1.54) is 0 Å². The molecule has 0 aromatic carbocycles. The van der Waals surface area contributed by atoms with E-state index in [2.05, 4.69) is 15.3 Å². The lowest BCUT2D eigenvalue weighted by Crippen LogP contribution is -2.36. The smallest absolute Gasteiger partial charge is 0.223 e. The molecule has 0 saturated heterocycles. The molecule has 0 saturated carbocycles. The van der Waals surface area contributed by atoms with Crippen molar-refractivity contribution in [2.45, 2.75) is 26.4 Å². The van der Waals surface area contributed by atoms with Crippen LogP contribution in [0.1, 0.15) is 18.3 Å². The molecule has 0 radical (unpaired) electrons. The third-order valence-electron chi connectivity index (χ3n) is 2.06. The van der Waals surface area contributed by atoms with E-state index in [0.717, 1.165) is 11.4 Å². The Balaban J connectivity index is 2.60. The van der Waals surface area contributed by atoms with Crippen LogP contribution in [-0.2, 0) is 0 Å². The van der Waals surface area contributed by atoms with Gasteiger partial charge in [0.1, 0.15) is 0 Å². The lowest BCUT2D eigenvalue weighted by atomic mass is 10.1. The number of aryl methyl sites for hydroxylation is 2. The van der Waals surface area contributed by atoms with Crippen molar-refractivity contribution in [2.24, 2.45) is 0 Å². The summed E-state index contributed by atoms with van der Waals surface area (Å²) in [5, 5.41) is 13.0. The number of nitrogens with zero attached hydrogens (tertiary/aromatic N) is 2. The van der Waals surface area contributed by atoms with Gasteiger partial charge in [0.05, 0.1) is 5.60 Å². The summed E-state index contributed by atoms with van der Waals surface area (Å²) in [6.07, 6.45) is 1.97. The molecule has 4 nitrogen and oxygen atoms in total. The number of aromatic nitrogens is 2. The normalized spacial score (nSPS) is 14.6. The third kappa shape index (κ3) is 4.37. The van der Waals surface area contributed by atoms with Crippen LogP contribution in [-0.4, -0.2) is 39.2 Å². The molecular weight excluding hydrogens is 222 g/mol. The molecule has 1 rings (SSSR count). The minimum Gasteiger partial charge on any atom is -0.387 e. The van der Waals surface area contributed by atoms with E-state index < -0.39 is 5.60 Å². The molecule has 0 amide bonds. The monoisotopic (exact) mass is 241 g/mol. The number of anilines is 1. The van der Waals surface area contributed by atoms with Crippen molar-refractivity contribution in [2.75, 3.05) is 23.9 Å². The quantitative estimate of drug-likeness (QED) is 0.820. The standard InChI is InChI=1S/C11H19N3OS/c1-8-5-9(2)14-10(13-8)12-6-11(3,15)7-16-4/h5,15H,6-7H2,1-4H3,(H,12,13,14). The first-order chi connectivity index (χ1) is 7.43. The summed E-state index contributed by atoms with van der Waals surface area (Å²) in [5.41, 5.74) is 1.12. The second-order valence-electron chi connectivity index (χ2n) is 4.26. The number of nitrogens with one attached hydrogen (secondary N) is 1. The van der Waals surface area contributed by atoms with Crippen LogP contribution in [0, 0.1) is 13.8 Å². The highest BCUT2D eigenvalue weighted by Gasteiger charge is 2.19. The molecule has 2 N–H and O–H groups in total. The largest absolute Gasteiger partial charge is 0.387 e. The summed E-state index contributed by atoms with van der Waals surface area (Å²) in [6.45, 7) is 6.12. The maximum absolute atomic E-state index is 9.98. The van der Waals surface area contributed by atoms with E-state index in [9.17, 15) is 5.11 Å². The first-order valence-corrected chi connectivity index (χ1v) is 6.60. The molecule has 0 spiro atoms. The summed E-state index contributed by atoms with van der Waals surface area (Å²) in [7, 11) is 0. The van der Waals surface area contributed by atoms with Crippen LogP contribution >= 0.6 is 11.8 Å². The van der Waals surface area contributed by atoms with Crippen molar-refractivity contribution in [3.8, 4) is 0 Å². The number of thioether (sulfide) groups is 1. The minimum atomic E-state index is -0.736. The number of hydrogen-bond acceptors (Lipinski definition) is 5. The van der Waals surface area contributed by atoms with E-state index in [4.69, 9.17) is 0 Å². The van der Waals surface area contributed by atoms with Gasteiger partial charge in [-0.05, 0) is 33.1 Å². The molecule has 5 heteroatoms. The fourth-order valence-electron chi connectivity index (χ4n) is 1.44. The zero-order valence-corrected chi connectivity index (χ0v) is 11.1. The second kappa shape index (κ2) is 5.50. The Morgan fingerprint density at radius 1 is 1.38 bits per heavy atom. The summed E-state index contributed by atoms with van der Waals surface area (Å²) >= 11 is 1.62. The molecule has 0 aliphatic rings. The molecular formula is C11H19N3OS. The Morgan fingerprint density at radius 3 is 2.44 bits per heavy atom. The zero-order valence-electron chi connectivity index (χ0n) is 10.2. The zero-order chi connectivity index (χ0) is 12.2. The maximum Gasteiger partial charge on any atom is 0.223 e. The SMILES string of the molecule is CSCC(C)(O)CNc1nc(C)cc(C)n1. The van der Waals surface area contributed by atoms with Crippen molar-refractivity contribution in [3.05, 3.63) is 17.5 Å². The highest BCUT2D eigenvalue weighted by atomic mass is 32.2. The lowest BCUT2D eigenvalue weighted by molar-refractivity contribution is 0.0995. The fraction of sp³-hybridized carbons (Fsp3) is 0.636. The van der Waals surface area contributed by atoms with Gasteiger partial charge >= 0.3 is 0 Å². The van der Waals surface area contributed by atoms with E-state index in [0.29, 0.717) is 18.2 Å². The average molecular weight is 241 g/mol. The molecule has 0 aliphatic carbocycles. The summed E-state index contributed by atoms with van der Waals surface area (Å²) in [4.78, 5) is 8.51. The van der Waals surface area contributed by atoms with Crippen molar-refractivity contribution < 1.29 is 5.11 Å². The molecule has 1 unspecified atom stereocenters.